The van der Waals surface area contributed by atoms with Crippen LogP contribution in [0.25, 0.3) is 0 Å². The second-order valence-corrected chi connectivity index (χ2v) is 7.26. The first-order chi connectivity index (χ1) is 14.8. The largest absolute Gasteiger partial charge is 0.435 e. The van der Waals surface area contributed by atoms with E-state index in [0.717, 1.165) is 23.6 Å². The predicted molar refractivity (Wildman–Crippen MR) is 134 cm³/mol. The van der Waals surface area contributed by atoms with Gasteiger partial charge in [0.1, 0.15) is 5.75 Å². The number of nitrogens with zero attached hydrogens (tertiary/aromatic N) is 3. The van der Waals surface area contributed by atoms with E-state index in [-0.39, 0.29) is 35.6 Å². The molecular weight excluding hydrogens is 529 g/mol. The van der Waals surface area contributed by atoms with Crippen LogP contribution in [-0.2, 0) is 13.0 Å². The summed E-state index contributed by atoms with van der Waals surface area (Å²) in [5.74, 6) is 0.858. The minimum atomic E-state index is -2.83. The molecule has 1 N–H and O–H groups in total. The van der Waals surface area contributed by atoms with Crippen LogP contribution >= 0.6 is 24.0 Å². The number of amides is 1. The van der Waals surface area contributed by atoms with Gasteiger partial charge in [-0.2, -0.15) is 8.78 Å². The van der Waals surface area contributed by atoms with Crippen LogP contribution in [0.3, 0.4) is 0 Å². The van der Waals surface area contributed by atoms with Gasteiger partial charge in [0.05, 0.1) is 0 Å². The molecule has 6 nitrogen and oxygen atoms in total. The van der Waals surface area contributed by atoms with Gasteiger partial charge in [0.25, 0.3) is 5.91 Å². The van der Waals surface area contributed by atoms with Crippen LogP contribution in [-0.4, -0.2) is 62.5 Å². The quantitative estimate of drug-likeness (QED) is 0.283. The SMILES string of the molecule is CCNC(=NCCc1cccc(C(=O)N(C)C)c1)N(C)Cc1ccc(OC(F)F)cc1.I. The van der Waals surface area contributed by atoms with Gasteiger partial charge in [0, 0.05) is 46.3 Å². The molecule has 0 saturated heterocycles. The van der Waals surface area contributed by atoms with E-state index in [1.807, 2.05) is 43.1 Å². The molecule has 0 spiro atoms. The van der Waals surface area contributed by atoms with Crippen LogP contribution in [0.15, 0.2) is 53.5 Å². The van der Waals surface area contributed by atoms with Gasteiger partial charge in [-0.25, -0.2) is 0 Å². The number of rotatable bonds is 9. The van der Waals surface area contributed by atoms with Gasteiger partial charge < -0.3 is 19.9 Å². The summed E-state index contributed by atoms with van der Waals surface area (Å²) < 4.78 is 29.0. The molecule has 0 aromatic heterocycles. The van der Waals surface area contributed by atoms with Gasteiger partial charge in [-0.05, 0) is 48.7 Å². The summed E-state index contributed by atoms with van der Waals surface area (Å²) in [5.41, 5.74) is 2.66. The molecule has 0 aliphatic heterocycles. The summed E-state index contributed by atoms with van der Waals surface area (Å²) in [6.45, 7) is 1.01. The Balaban J connectivity index is 0.00000512. The third-order valence-electron chi connectivity index (χ3n) is 4.51. The summed E-state index contributed by atoms with van der Waals surface area (Å²) in [4.78, 5) is 20.3. The average Bonchev–Trinajstić information content (AvgIpc) is 2.73. The van der Waals surface area contributed by atoms with Crippen molar-refractivity contribution < 1.29 is 18.3 Å². The maximum atomic E-state index is 12.3. The highest BCUT2D eigenvalue weighted by atomic mass is 127. The number of hydrogen-bond acceptors (Lipinski definition) is 3. The van der Waals surface area contributed by atoms with Crippen LogP contribution in [0.5, 0.6) is 5.75 Å². The fraction of sp³-hybridized carbons (Fsp3) is 0.391. The molecular formula is C23H31F2IN4O2. The van der Waals surface area contributed by atoms with Gasteiger partial charge in [-0.1, -0.05) is 24.3 Å². The zero-order valence-electron chi connectivity index (χ0n) is 18.8. The second kappa shape index (κ2) is 13.9. The Hall–Kier alpha value is -2.43. The summed E-state index contributed by atoms with van der Waals surface area (Å²) in [6.07, 6.45) is 0.705. The molecule has 0 atom stereocenters. The van der Waals surface area contributed by atoms with Crippen molar-refractivity contribution in [3.05, 3.63) is 65.2 Å². The Labute approximate surface area is 205 Å². The summed E-state index contributed by atoms with van der Waals surface area (Å²) >= 11 is 0. The lowest BCUT2D eigenvalue weighted by Gasteiger charge is -2.22. The molecule has 9 heteroatoms. The van der Waals surface area contributed by atoms with Crippen molar-refractivity contribution in [3.63, 3.8) is 0 Å². The van der Waals surface area contributed by atoms with Crippen molar-refractivity contribution in [2.24, 2.45) is 4.99 Å². The standard InChI is InChI=1S/C23H30F2N4O2.HI/c1-5-26-23(29(4)16-18-9-11-20(12-10-18)31-22(24)25)27-14-13-17-7-6-8-19(15-17)21(30)28(2)3;/h6-12,15,22H,5,13-14,16H2,1-4H3,(H,26,27);1H. The number of aliphatic imine (C=N–C) groups is 1. The number of nitrogens with one attached hydrogen (secondary N) is 1. The zero-order chi connectivity index (χ0) is 22.8. The van der Waals surface area contributed by atoms with Crippen molar-refractivity contribution in [1.82, 2.24) is 15.1 Å². The first kappa shape index (κ1) is 27.6. The van der Waals surface area contributed by atoms with E-state index in [9.17, 15) is 13.6 Å². The number of carbonyl (C=O) groups excluding carboxylic acids is 1. The van der Waals surface area contributed by atoms with Crippen LogP contribution < -0.4 is 10.1 Å². The molecule has 0 saturated carbocycles. The Bertz CT molecular complexity index is 877. The van der Waals surface area contributed by atoms with Gasteiger partial charge in [-0.3, -0.25) is 9.79 Å². The highest BCUT2D eigenvalue weighted by molar-refractivity contribution is 14.0. The number of alkyl halides is 2. The number of guanidine groups is 1. The number of benzene rings is 2. The number of ether oxygens (including phenoxy) is 1. The molecule has 176 valence electrons. The summed E-state index contributed by atoms with van der Waals surface area (Å²) in [5, 5.41) is 3.26. The summed E-state index contributed by atoms with van der Waals surface area (Å²) in [6, 6.07) is 14.1. The van der Waals surface area contributed by atoms with Gasteiger partial charge in [0.2, 0.25) is 0 Å². The molecule has 0 heterocycles. The molecule has 0 fully saturated rings. The normalized spacial score (nSPS) is 11.0. The van der Waals surface area contributed by atoms with Crippen molar-refractivity contribution in [3.8, 4) is 5.75 Å². The fourth-order valence-corrected chi connectivity index (χ4v) is 3.00. The molecule has 2 rings (SSSR count). The number of halogens is 3. The van der Waals surface area contributed by atoms with Crippen LogP contribution in [0.2, 0.25) is 0 Å². The molecule has 2 aromatic rings. The number of hydrogen-bond donors (Lipinski definition) is 1. The van der Waals surface area contributed by atoms with Crippen molar-refractivity contribution >= 4 is 35.8 Å². The van der Waals surface area contributed by atoms with E-state index in [0.29, 0.717) is 25.1 Å². The minimum Gasteiger partial charge on any atom is -0.435 e. The third-order valence-corrected chi connectivity index (χ3v) is 4.51. The molecule has 1 amide bonds. The molecule has 2 aromatic carbocycles. The smallest absolute Gasteiger partial charge is 0.387 e. The molecule has 32 heavy (non-hydrogen) atoms. The van der Waals surface area contributed by atoms with Crippen molar-refractivity contribution in [1.29, 1.82) is 0 Å². The Kier molecular flexibility index (Phi) is 12.0. The van der Waals surface area contributed by atoms with Gasteiger partial charge in [0.15, 0.2) is 5.96 Å². The van der Waals surface area contributed by atoms with E-state index < -0.39 is 6.61 Å². The van der Waals surface area contributed by atoms with Crippen LogP contribution in [0.1, 0.15) is 28.4 Å². The van der Waals surface area contributed by atoms with Gasteiger partial charge >= 0.3 is 6.61 Å². The zero-order valence-corrected chi connectivity index (χ0v) is 21.2. The lowest BCUT2D eigenvalue weighted by molar-refractivity contribution is -0.0498. The predicted octanol–water partition coefficient (Wildman–Crippen LogP) is 4.25. The Morgan fingerprint density at radius 2 is 1.78 bits per heavy atom. The van der Waals surface area contributed by atoms with E-state index in [1.54, 1.807) is 31.1 Å². The van der Waals surface area contributed by atoms with Gasteiger partial charge in [-0.15, -0.1) is 24.0 Å². The topological polar surface area (TPSA) is 57.2 Å². The monoisotopic (exact) mass is 560 g/mol. The molecule has 0 unspecified atom stereocenters. The van der Waals surface area contributed by atoms with E-state index in [2.05, 4.69) is 15.0 Å². The van der Waals surface area contributed by atoms with Crippen LogP contribution in [0.4, 0.5) is 8.78 Å². The number of carbonyl (C=O) groups is 1. The highest BCUT2D eigenvalue weighted by Crippen LogP contribution is 2.16. The molecule has 0 aliphatic rings. The lowest BCUT2D eigenvalue weighted by Crippen LogP contribution is -2.38. The van der Waals surface area contributed by atoms with Crippen molar-refractivity contribution in [2.45, 2.75) is 26.5 Å². The van der Waals surface area contributed by atoms with Crippen LogP contribution in [0, 0.1) is 0 Å². The van der Waals surface area contributed by atoms with Crippen molar-refractivity contribution in [2.75, 3.05) is 34.2 Å². The average molecular weight is 560 g/mol. The molecule has 0 aliphatic carbocycles. The first-order valence-corrected chi connectivity index (χ1v) is 10.1. The lowest BCUT2D eigenvalue weighted by atomic mass is 10.1. The first-order valence-electron chi connectivity index (χ1n) is 10.1. The van der Waals surface area contributed by atoms with E-state index in [4.69, 9.17) is 0 Å². The fourth-order valence-electron chi connectivity index (χ4n) is 3.00. The molecule has 0 radical (unpaired) electrons. The maximum absolute atomic E-state index is 12.3. The minimum absolute atomic E-state index is 0. The van der Waals surface area contributed by atoms with E-state index in [1.165, 1.54) is 12.1 Å². The molecule has 0 bridgehead atoms. The van der Waals surface area contributed by atoms with E-state index >= 15 is 0 Å². The maximum Gasteiger partial charge on any atom is 0.387 e. The summed E-state index contributed by atoms with van der Waals surface area (Å²) in [7, 11) is 5.38. The Morgan fingerprint density at radius 3 is 2.38 bits per heavy atom. The second-order valence-electron chi connectivity index (χ2n) is 7.26. The Morgan fingerprint density at radius 1 is 1.09 bits per heavy atom. The highest BCUT2D eigenvalue weighted by Gasteiger charge is 2.10. The third kappa shape index (κ3) is 8.97.